The SMILES string of the molecule is CC[C@H](C)[C@H](NC(=O)[C@H](CCCNC(=N)N)NC(=O)[C@@H](N)CC(=O)O)C(=O)N[C@@H](Cc1c[nH]cn1)C(=O)O. The number of hydrogen-bond donors (Lipinski definition) is 10. The van der Waals surface area contributed by atoms with Crippen molar-refractivity contribution in [1.82, 2.24) is 31.2 Å². The lowest BCUT2D eigenvalue weighted by Gasteiger charge is -2.28. The number of carbonyl (C=O) groups excluding carboxylic acids is 3. The Kier molecular flexibility index (Phi) is 13.2. The van der Waals surface area contributed by atoms with Crippen molar-refractivity contribution in [2.24, 2.45) is 17.4 Å². The Morgan fingerprint density at radius 1 is 1.08 bits per heavy atom. The molecule has 12 N–H and O–H groups in total. The van der Waals surface area contributed by atoms with Crippen LogP contribution >= 0.6 is 0 Å². The van der Waals surface area contributed by atoms with Gasteiger partial charge in [0.15, 0.2) is 5.96 Å². The maximum atomic E-state index is 13.2. The van der Waals surface area contributed by atoms with Gasteiger partial charge < -0.3 is 47.9 Å². The van der Waals surface area contributed by atoms with E-state index in [0.29, 0.717) is 12.1 Å². The Labute approximate surface area is 219 Å². The average molecular weight is 540 g/mol. The van der Waals surface area contributed by atoms with E-state index in [4.69, 9.17) is 22.0 Å². The summed E-state index contributed by atoms with van der Waals surface area (Å²) >= 11 is 0. The van der Waals surface area contributed by atoms with Gasteiger partial charge in [0.1, 0.15) is 18.1 Å². The second kappa shape index (κ2) is 15.8. The Balaban J connectivity index is 3.03. The molecule has 1 aromatic heterocycles. The minimum atomic E-state index is -1.41. The number of imidazole rings is 1. The number of hydrogen-bond acceptors (Lipinski definition) is 8. The number of nitrogens with zero attached hydrogens (tertiary/aromatic N) is 1. The summed E-state index contributed by atoms with van der Waals surface area (Å²) in [7, 11) is 0. The molecule has 1 aromatic rings. The van der Waals surface area contributed by atoms with Crippen LogP contribution in [0, 0.1) is 11.3 Å². The average Bonchev–Trinajstić information content (AvgIpc) is 3.35. The number of carboxylic acids is 2. The molecule has 16 nitrogen and oxygen atoms in total. The van der Waals surface area contributed by atoms with Gasteiger partial charge in [0, 0.05) is 19.2 Å². The first-order valence-electron chi connectivity index (χ1n) is 12.0. The van der Waals surface area contributed by atoms with Gasteiger partial charge in [-0.15, -0.1) is 0 Å². The molecule has 0 aliphatic heterocycles. The fourth-order valence-electron chi connectivity index (χ4n) is 3.39. The van der Waals surface area contributed by atoms with Gasteiger partial charge in [-0.05, 0) is 18.8 Å². The second-order valence-electron chi connectivity index (χ2n) is 8.78. The highest BCUT2D eigenvalue weighted by Crippen LogP contribution is 2.11. The molecule has 0 unspecified atom stereocenters. The summed E-state index contributed by atoms with van der Waals surface area (Å²) in [5, 5.41) is 35.7. The van der Waals surface area contributed by atoms with E-state index in [1.807, 2.05) is 0 Å². The first-order chi connectivity index (χ1) is 17.8. The summed E-state index contributed by atoms with van der Waals surface area (Å²) in [5.74, 6) is -5.63. The molecule has 0 fully saturated rings. The molecule has 0 aliphatic rings. The predicted molar refractivity (Wildman–Crippen MR) is 135 cm³/mol. The highest BCUT2D eigenvalue weighted by molar-refractivity contribution is 5.94. The number of H-pyrrole nitrogens is 1. The molecule has 1 heterocycles. The van der Waals surface area contributed by atoms with Crippen LogP contribution in [-0.4, -0.2) is 86.5 Å². The van der Waals surface area contributed by atoms with Gasteiger partial charge in [0.05, 0.1) is 24.5 Å². The van der Waals surface area contributed by atoms with Gasteiger partial charge in [-0.2, -0.15) is 0 Å². The monoisotopic (exact) mass is 539 g/mol. The van der Waals surface area contributed by atoms with Crippen LogP contribution in [0.5, 0.6) is 0 Å². The molecule has 0 bridgehead atoms. The Hall–Kier alpha value is -4.21. The van der Waals surface area contributed by atoms with E-state index in [1.54, 1.807) is 13.8 Å². The molecule has 0 aliphatic carbocycles. The van der Waals surface area contributed by atoms with E-state index in [0.717, 1.165) is 0 Å². The van der Waals surface area contributed by atoms with Crippen molar-refractivity contribution in [2.45, 2.75) is 70.1 Å². The third-order valence-electron chi connectivity index (χ3n) is 5.73. The number of carboxylic acid groups (broad SMARTS) is 2. The highest BCUT2D eigenvalue weighted by Gasteiger charge is 2.33. The summed E-state index contributed by atoms with van der Waals surface area (Å²) in [6, 6.07) is -5.06. The predicted octanol–water partition coefficient (Wildman–Crippen LogP) is -2.40. The summed E-state index contributed by atoms with van der Waals surface area (Å²) in [4.78, 5) is 68.0. The molecule has 0 radical (unpaired) electrons. The van der Waals surface area contributed by atoms with Gasteiger partial charge in [0.25, 0.3) is 0 Å². The summed E-state index contributed by atoms with van der Waals surface area (Å²) < 4.78 is 0. The molecule has 5 atom stereocenters. The number of nitrogens with two attached hydrogens (primary N) is 2. The van der Waals surface area contributed by atoms with Crippen LogP contribution in [0.4, 0.5) is 0 Å². The first-order valence-corrected chi connectivity index (χ1v) is 12.0. The van der Waals surface area contributed by atoms with Gasteiger partial charge >= 0.3 is 11.9 Å². The normalized spacial score (nSPS) is 14.7. The largest absolute Gasteiger partial charge is 0.481 e. The molecule has 0 saturated carbocycles. The quantitative estimate of drug-likeness (QED) is 0.0565. The zero-order valence-electron chi connectivity index (χ0n) is 21.3. The number of aliphatic carboxylic acids is 2. The zero-order chi connectivity index (χ0) is 28.8. The van der Waals surface area contributed by atoms with Crippen molar-refractivity contribution in [1.29, 1.82) is 5.41 Å². The number of aromatic nitrogens is 2. The molecular weight excluding hydrogens is 502 g/mol. The molecule has 16 heteroatoms. The summed E-state index contributed by atoms with van der Waals surface area (Å²) in [5.41, 5.74) is 11.3. The van der Waals surface area contributed by atoms with Crippen LogP contribution in [0.3, 0.4) is 0 Å². The van der Waals surface area contributed by atoms with Gasteiger partial charge in [-0.1, -0.05) is 20.3 Å². The lowest BCUT2D eigenvalue weighted by atomic mass is 9.96. The number of amides is 3. The van der Waals surface area contributed by atoms with Crippen molar-refractivity contribution in [3.63, 3.8) is 0 Å². The maximum absolute atomic E-state index is 13.2. The van der Waals surface area contributed by atoms with E-state index >= 15 is 0 Å². The molecule has 212 valence electrons. The maximum Gasteiger partial charge on any atom is 0.326 e. The van der Waals surface area contributed by atoms with E-state index in [9.17, 15) is 29.1 Å². The van der Waals surface area contributed by atoms with Gasteiger partial charge in [0.2, 0.25) is 17.7 Å². The smallest absolute Gasteiger partial charge is 0.326 e. The summed E-state index contributed by atoms with van der Waals surface area (Å²) in [6.45, 7) is 3.69. The third-order valence-corrected chi connectivity index (χ3v) is 5.73. The highest BCUT2D eigenvalue weighted by atomic mass is 16.4. The number of rotatable bonds is 17. The molecule has 0 spiro atoms. The molecular formula is C22H37N9O7. The van der Waals surface area contributed by atoms with E-state index in [-0.39, 0.29) is 31.8 Å². The zero-order valence-corrected chi connectivity index (χ0v) is 21.3. The van der Waals surface area contributed by atoms with Crippen LogP contribution in [-0.2, 0) is 30.4 Å². The summed E-state index contributed by atoms with van der Waals surface area (Å²) in [6.07, 6.45) is 2.91. The first kappa shape index (κ1) is 31.8. The van der Waals surface area contributed by atoms with Gasteiger partial charge in [-0.3, -0.25) is 24.6 Å². The molecule has 38 heavy (non-hydrogen) atoms. The fraction of sp³-hybridized carbons (Fsp3) is 0.591. The van der Waals surface area contributed by atoms with Crippen LogP contribution in [0.15, 0.2) is 12.5 Å². The number of carbonyl (C=O) groups is 5. The van der Waals surface area contributed by atoms with Crippen molar-refractivity contribution in [3.05, 3.63) is 18.2 Å². The van der Waals surface area contributed by atoms with Crippen molar-refractivity contribution >= 4 is 35.6 Å². The topological polar surface area (TPSA) is 278 Å². The van der Waals surface area contributed by atoms with Crippen molar-refractivity contribution < 1.29 is 34.2 Å². The van der Waals surface area contributed by atoms with Gasteiger partial charge in [-0.25, -0.2) is 9.78 Å². The minimum Gasteiger partial charge on any atom is -0.481 e. The van der Waals surface area contributed by atoms with Crippen LogP contribution in [0.25, 0.3) is 0 Å². The van der Waals surface area contributed by atoms with E-state index < -0.39 is 66.2 Å². The van der Waals surface area contributed by atoms with Crippen LogP contribution < -0.4 is 32.7 Å². The molecule has 3 amide bonds. The second-order valence-corrected chi connectivity index (χ2v) is 8.78. The molecule has 0 aromatic carbocycles. The number of aromatic amines is 1. The Bertz CT molecular complexity index is 970. The lowest BCUT2D eigenvalue weighted by molar-refractivity contribution is -0.142. The standard InChI is InChI=1S/C22H37N9O7/c1-3-11(2)17(20(36)30-15(21(37)38)7-12-9-26-10-28-12)31-19(35)14(5-4-6-27-22(24)25)29-18(34)13(23)8-16(32)33/h9-11,13-15,17H,3-8,23H2,1-2H3,(H,26,28)(H,29,34)(H,30,36)(H,31,35)(H,32,33)(H,37,38)(H4,24,25,27)/t11-,13-,14-,15-,17-/m0/s1. The Morgan fingerprint density at radius 3 is 2.26 bits per heavy atom. The molecule has 1 rings (SSSR count). The van der Waals surface area contributed by atoms with E-state index in [1.165, 1.54) is 12.5 Å². The number of nitrogens with one attached hydrogen (secondary N) is 6. The fourth-order valence-corrected chi connectivity index (χ4v) is 3.39. The third kappa shape index (κ3) is 11.2. The van der Waals surface area contributed by atoms with Crippen LogP contribution in [0.2, 0.25) is 0 Å². The number of guanidine groups is 1. The lowest BCUT2D eigenvalue weighted by Crippen LogP contribution is -2.59. The Morgan fingerprint density at radius 2 is 1.74 bits per heavy atom. The van der Waals surface area contributed by atoms with Crippen molar-refractivity contribution in [2.75, 3.05) is 6.54 Å². The minimum absolute atomic E-state index is 0.0450. The van der Waals surface area contributed by atoms with E-state index in [2.05, 4.69) is 31.2 Å². The van der Waals surface area contributed by atoms with Crippen molar-refractivity contribution in [3.8, 4) is 0 Å². The van der Waals surface area contributed by atoms with Crippen LogP contribution in [0.1, 0.15) is 45.2 Å². The molecule has 0 saturated heterocycles.